The Hall–Kier alpha value is -3.19. The Morgan fingerprint density at radius 1 is 1.21 bits per heavy atom. The van der Waals surface area contributed by atoms with E-state index in [-0.39, 0.29) is 5.91 Å². The zero-order chi connectivity index (χ0) is 23.1. The third-order valence-electron chi connectivity index (χ3n) is 6.93. The highest BCUT2D eigenvalue weighted by Crippen LogP contribution is 2.38. The second-order valence-electron chi connectivity index (χ2n) is 9.66. The van der Waals surface area contributed by atoms with Gasteiger partial charge in [0, 0.05) is 31.2 Å². The minimum Gasteiger partial charge on any atom is -0.353 e. The molecule has 5 rings (SSSR count). The van der Waals surface area contributed by atoms with Crippen molar-refractivity contribution in [2.75, 3.05) is 33.7 Å². The average molecular weight is 445 g/mol. The van der Waals surface area contributed by atoms with Gasteiger partial charge in [0.25, 0.3) is 0 Å². The van der Waals surface area contributed by atoms with Gasteiger partial charge < -0.3 is 9.88 Å². The van der Waals surface area contributed by atoms with Crippen LogP contribution in [0.4, 0.5) is 0 Å². The maximum absolute atomic E-state index is 12.1. The van der Waals surface area contributed by atoms with E-state index in [0.29, 0.717) is 18.4 Å². The van der Waals surface area contributed by atoms with E-state index in [0.717, 1.165) is 48.4 Å². The first-order valence-electron chi connectivity index (χ1n) is 11.8. The van der Waals surface area contributed by atoms with Crippen LogP contribution in [-0.4, -0.2) is 69.0 Å². The monoisotopic (exact) mass is 444 g/mol. The fourth-order valence-electron chi connectivity index (χ4n) is 5.09. The number of likely N-dealkylation sites (tertiary alicyclic amines) is 1. The van der Waals surface area contributed by atoms with Crippen LogP contribution in [0, 0.1) is 0 Å². The highest BCUT2D eigenvalue weighted by Gasteiger charge is 2.24. The smallest absolute Gasteiger partial charge is 0.236 e. The van der Waals surface area contributed by atoms with Gasteiger partial charge in [-0.3, -0.25) is 9.69 Å². The number of rotatable bonds is 5. The second-order valence-corrected chi connectivity index (χ2v) is 9.66. The Balaban J connectivity index is 1.46. The van der Waals surface area contributed by atoms with Gasteiger partial charge in [0.1, 0.15) is 12.0 Å². The summed E-state index contributed by atoms with van der Waals surface area (Å²) in [6.45, 7) is 6.94. The molecule has 33 heavy (non-hydrogen) atoms. The van der Waals surface area contributed by atoms with Gasteiger partial charge in [-0.25, -0.2) is 9.50 Å². The molecular weight excluding hydrogens is 412 g/mol. The predicted octanol–water partition coefficient (Wildman–Crippen LogP) is 4.27. The SMILES string of the molecule is CC(C)c1c(-c2ncnn3cccc23)[nH]c2ccc(C3CCN(CC(=O)N(C)C)CC3)cc12. The lowest BCUT2D eigenvalue weighted by Crippen LogP contribution is -2.40. The van der Waals surface area contributed by atoms with Gasteiger partial charge in [-0.05, 0) is 73.2 Å². The lowest BCUT2D eigenvalue weighted by atomic mass is 9.87. The third kappa shape index (κ3) is 4.02. The summed E-state index contributed by atoms with van der Waals surface area (Å²) in [7, 11) is 3.65. The van der Waals surface area contributed by atoms with Crippen molar-refractivity contribution in [3.05, 3.63) is 54.0 Å². The number of nitrogens with zero attached hydrogens (tertiary/aromatic N) is 5. The van der Waals surface area contributed by atoms with Crippen molar-refractivity contribution in [1.29, 1.82) is 0 Å². The number of carbonyl (C=O) groups excluding carboxylic acids is 1. The molecule has 1 amide bonds. The topological polar surface area (TPSA) is 69.5 Å². The minimum atomic E-state index is 0.179. The molecule has 0 bridgehead atoms. The van der Waals surface area contributed by atoms with Crippen LogP contribution in [0.1, 0.15) is 49.7 Å². The van der Waals surface area contributed by atoms with Gasteiger partial charge in [0.2, 0.25) is 5.91 Å². The van der Waals surface area contributed by atoms with Crippen molar-refractivity contribution in [2.24, 2.45) is 0 Å². The Morgan fingerprint density at radius 3 is 2.73 bits per heavy atom. The first kappa shape index (κ1) is 21.6. The number of benzene rings is 1. The largest absolute Gasteiger partial charge is 0.353 e. The molecule has 7 nitrogen and oxygen atoms in total. The fraction of sp³-hybridized carbons (Fsp3) is 0.423. The van der Waals surface area contributed by atoms with Crippen LogP contribution in [-0.2, 0) is 4.79 Å². The summed E-state index contributed by atoms with van der Waals surface area (Å²) in [5.74, 6) is 1.06. The first-order valence-corrected chi connectivity index (χ1v) is 11.8. The molecule has 0 saturated carbocycles. The molecule has 4 aromatic rings. The number of likely N-dealkylation sites (N-methyl/N-ethyl adjacent to an activating group) is 1. The molecule has 0 spiro atoms. The van der Waals surface area contributed by atoms with E-state index in [2.05, 4.69) is 58.1 Å². The molecule has 1 saturated heterocycles. The van der Waals surface area contributed by atoms with Crippen molar-refractivity contribution in [3.8, 4) is 11.4 Å². The highest BCUT2D eigenvalue weighted by atomic mass is 16.2. The maximum Gasteiger partial charge on any atom is 0.236 e. The van der Waals surface area contributed by atoms with E-state index < -0.39 is 0 Å². The van der Waals surface area contributed by atoms with E-state index in [1.54, 1.807) is 11.2 Å². The summed E-state index contributed by atoms with van der Waals surface area (Å²) in [5.41, 5.74) is 6.88. The number of nitrogens with one attached hydrogen (secondary N) is 1. The van der Waals surface area contributed by atoms with Gasteiger partial charge in [-0.15, -0.1) is 0 Å². The number of hydrogen-bond donors (Lipinski definition) is 1. The summed E-state index contributed by atoms with van der Waals surface area (Å²) in [4.78, 5) is 24.3. The number of carbonyl (C=O) groups is 1. The summed E-state index contributed by atoms with van der Waals surface area (Å²) in [5, 5.41) is 5.61. The second kappa shape index (κ2) is 8.63. The van der Waals surface area contributed by atoms with Crippen molar-refractivity contribution < 1.29 is 4.79 Å². The number of fused-ring (bicyclic) bond motifs is 2. The molecule has 1 N–H and O–H groups in total. The Labute approximate surface area is 194 Å². The standard InChI is InChI=1S/C26H32N6O/c1-17(2)24-20-14-19(18-9-12-31(13-10-18)15-23(33)30(3)4)7-8-21(20)29-26(24)25-22-6-5-11-32(22)28-16-27-25/h5-8,11,14,16-18,29H,9-10,12-13,15H2,1-4H3. The van der Waals surface area contributed by atoms with E-state index in [1.165, 1.54) is 16.5 Å². The number of hydrogen-bond acceptors (Lipinski definition) is 4. The van der Waals surface area contributed by atoms with E-state index in [1.807, 2.05) is 30.9 Å². The van der Waals surface area contributed by atoms with Crippen LogP contribution in [0.25, 0.3) is 27.8 Å². The zero-order valence-corrected chi connectivity index (χ0v) is 19.9. The number of aromatic amines is 1. The molecule has 172 valence electrons. The molecule has 1 fully saturated rings. The number of aromatic nitrogens is 4. The van der Waals surface area contributed by atoms with E-state index in [9.17, 15) is 4.79 Å². The molecule has 0 aliphatic carbocycles. The van der Waals surface area contributed by atoms with Gasteiger partial charge >= 0.3 is 0 Å². The normalized spacial score (nSPS) is 15.7. The van der Waals surface area contributed by atoms with E-state index in [4.69, 9.17) is 0 Å². The van der Waals surface area contributed by atoms with Crippen LogP contribution in [0.15, 0.2) is 42.9 Å². The van der Waals surface area contributed by atoms with Crippen molar-refractivity contribution in [1.82, 2.24) is 29.4 Å². The Morgan fingerprint density at radius 2 is 2.00 bits per heavy atom. The van der Waals surface area contributed by atoms with Crippen molar-refractivity contribution in [3.63, 3.8) is 0 Å². The summed E-state index contributed by atoms with van der Waals surface area (Å²) in [6.07, 6.45) is 5.74. The average Bonchev–Trinajstić information content (AvgIpc) is 3.43. The van der Waals surface area contributed by atoms with Crippen LogP contribution >= 0.6 is 0 Å². The Bertz CT molecular complexity index is 1290. The molecule has 7 heteroatoms. The minimum absolute atomic E-state index is 0.179. The Kier molecular flexibility index (Phi) is 5.66. The maximum atomic E-state index is 12.1. The molecular formula is C26H32N6O. The van der Waals surface area contributed by atoms with Gasteiger partial charge in [0.05, 0.1) is 17.8 Å². The molecule has 1 aliphatic rings. The quantitative estimate of drug-likeness (QED) is 0.499. The van der Waals surface area contributed by atoms with Crippen LogP contribution in [0.2, 0.25) is 0 Å². The molecule has 4 heterocycles. The van der Waals surface area contributed by atoms with E-state index >= 15 is 0 Å². The van der Waals surface area contributed by atoms with Gasteiger partial charge in [-0.2, -0.15) is 5.10 Å². The molecule has 1 aromatic carbocycles. The third-order valence-corrected chi connectivity index (χ3v) is 6.93. The lowest BCUT2D eigenvalue weighted by Gasteiger charge is -2.32. The lowest BCUT2D eigenvalue weighted by molar-refractivity contribution is -0.130. The summed E-state index contributed by atoms with van der Waals surface area (Å²) in [6, 6.07) is 10.9. The predicted molar refractivity (Wildman–Crippen MR) is 131 cm³/mol. The summed E-state index contributed by atoms with van der Waals surface area (Å²) < 4.78 is 1.87. The molecule has 0 atom stereocenters. The van der Waals surface area contributed by atoms with Crippen LogP contribution in [0.5, 0.6) is 0 Å². The van der Waals surface area contributed by atoms with Crippen LogP contribution < -0.4 is 0 Å². The summed E-state index contributed by atoms with van der Waals surface area (Å²) >= 11 is 0. The fourth-order valence-corrected chi connectivity index (χ4v) is 5.09. The zero-order valence-electron chi connectivity index (χ0n) is 19.9. The number of piperidine rings is 1. The molecule has 0 unspecified atom stereocenters. The van der Waals surface area contributed by atoms with Crippen molar-refractivity contribution in [2.45, 2.75) is 38.5 Å². The van der Waals surface area contributed by atoms with Crippen molar-refractivity contribution >= 4 is 22.3 Å². The highest BCUT2D eigenvalue weighted by molar-refractivity contribution is 5.93. The van der Waals surface area contributed by atoms with Gasteiger partial charge in [0.15, 0.2) is 0 Å². The molecule has 0 radical (unpaired) electrons. The van der Waals surface area contributed by atoms with Crippen LogP contribution in [0.3, 0.4) is 0 Å². The first-order chi connectivity index (χ1) is 15.9. The van der Waals surface area contributed by atoms with Gasteiger partial charge in [-0.1, -0.05) is 19.9 Å². The number of amides is 1. The molecule has 3 aromatic heterocycles. The number of H-pyrrole nitrogens is 1. The molecule has 1 aliphatic heterocycles.